The van der Waals surface area contributed by atoms with Gasteiger partial charge in [0, 0.05) is 31.7 Å². The number of hydrogen-bond acceptors (Lipinski definition) is 2. The van der Waals surface area contributed by atoms with Gasteiger partial charge in [0.05, 0.1) is 0 Å². The molecule has 0 saturated heterocycles. The lowest BCUT2D eigenvalue weighted by Crippen LogP contribution is -2.42. The van der Waals surface area contributed by atoms with E-state index in [9.17, 15) is 9.59 Å². The van der Waals surface area contributed by atoms with E-state index < -0.39 is 0 Å². The van der Waals surface area contributed by atoms with Gasteiger partial charge in [-0.15, -0.1) is 0 Å². The smallest absolute Gasteiger partial charge is 0.216 e. The maximum Gasteiger partial charge on any atom is 0.216 e. The fourth-order valence-corrected chi connectivity index (χ4v) is 2.66. The van der Waals surface area contributed by atoms with Gasteiger partial charge in [-0.3, -0.25) is 9.59 Å². The molecule has 0 atom stereocenters. The van der Waals surface area contributed by atoms with E-state index in [2.05, 4.69) is 17.4 Å². The Hall–Kier alpha value is -1.64. The van der Waals surface area contributed by atoms with Gasteiger partial charge in [-0.25, -0.2) is 0 Å². The summed E-state index contributed by atoms with van der Waals surface area (Å²) in [4.78, 5) is 22.6. The van der Waals surface area contributed by atoms with E-state index in [4.69, 9.17) is 0 Å². The summed E-state index contributed by atoms with van der Waals surface area (Å²) in [6.45, 7) is 2.16. The molecular formula is C15H19NO2. The van der Waals surface area contributed by atoms with Crippen LogP contribution in [0.3, 0.4) is 0 Å². The molecule has 0 aromatic heterocycles. The van der Waals surface area contributed by atoms with Crippen molar-refractivity contribution < 1.29 is 9.59 Å². The van der Waals surface area contributed by atoms with Crippen molar-refractivity contribution in [2.75, 3.05) is 6.54 Å². The zero-order valence-electron chi connectivity index (χ0n) is 10.7. The second-order valence-corrected chi connectivity index (χ2v) is 5.09. The lowest BCUT2D eigenvalue weighted by Gasteiger charge is -2.37. The summed E-state index contributed by atoms with van der Waals surface area (Å²) in [5.41, 5.74) is 1.16. The van der Waals surface area contributed by atoms with E-state index >= 15 is 0 Å². The van der Waals surface area contributed by atoms with Gasteiger partial charge < -0.3 is 5.32 Å². The summed E-state index contributed by atoms with van der Waals surface area (Å²) < 4.78 is 0. The fraction of sp³-hybridized carbons (Fsp3) is 0.467. The minimum absolute atomic E-state index is 0.0118. The maximum absolute atomic E-state index is 11.4. The molecule has 1 aromatic carbocycles. The van der Waals surface area contributed by atoms with Crippen molar-refractivity contribution in [1.82, 2.24) is 5.32 Å². The summed E-state index contributed by atoms with van der Waals surface area (Å²) in [5.74, 6) is 0.326. The Kier molecular flexibility index (Phi) is 3.80. The van der Waals surface area contributed by atoms with Crippen molar-refractivity contribution >= 4 is 11.7 Å². The fourth-order valence-electron chi connectivity index (χ4n) is 2.66. The van der Waals surface area contributed by atoms with Gasteiger partial charge in [-0.05, 0) is 18.4 Å². The van der Waals surface area contributed by atoms with Crippen LogP contribution in [0.15, 0.2) is 30.3 Å². The number of Topliss-reactive ketones (excluding diaryl/α,β-unsaturated/α-hetero) is 1. The van der Waals surface area contributed by atoms with Gasteiger partial charge in [0.1, 0.15) is 5.78 Å². The van der Waals surface area contributed by atoms with Crippen LogP contribution < -0.4 is 5.32 Å². The average Bonchev–Trinajstić information content (AvgIpc) is 2.39. The summed E-state index contributed by atoms with van der Waals surface area (Å²) in [6.07, 6.45) is 2.90. The average molecular weight is 245 g/mol. The molecule has 0 unspecified atom stereocenters. The Morgan fingerprint density at radius 3 is 2.39 bits per heavy atom. The Bertz CT molecular complexity index is 429. The molecular weight excluding hydrogens is 226 g/mol. The molecule has 1 N–H and O–H groups in total. The third-order valence-electron chi connectivity index (χ3n) is 3.83. The maximum atomic E-state index is 11.4. The molecule has 1 saturated carbocycles. The van der Waals surface area contributed by atoms with E-state index in [1.54, 1.807) is 0 Å². The molecule has 1 amide bonds. The molecule has 0 bridgehead atoms. The zero-order chi connectivity index (χ0) is 13.0. The number of amides is 1. The van der Waals surface area contributed by atoms with Crippen LogP contribution in [0.5, 0.6) is 0 Å². The number of carbonyl (C=O) groups is 2. The summed E-state index contributed by atoms with van der Waals surface area (Å²) in [6, 6.07) is 10.2. The Balaban J connectivity index is 2.22. The molecule has 0 aliphatic heterocycles. The van der Waals surface area contributed by atoms with Gasteiger partial charge in [-0.1, -0.05) is 30.3 Å². The van der Waals surface area contributed by atoms with Crippen LogP contribution in [0, 0.1) is 0 Å². The van der Waals surface area contributed by atoms with Crippen LogP contribution in [0.4, 0.5) is 0 Å². The lowest BCUT2D eigenvalue weighted by atomic mass is 9.69. The number of nitrogens with one attached hydrogen (secondary N) is 1. The van der Waals surface area contributed by atoms with Crippen molar-refractivity contribution in [3.8, 4) is 0 Å². The molecule has 3 heteroatoms. The van der Waals surface area contributed by atoms with Gasteiger partial charge in [0.15, 0.2) is 0 Å². The molecule has 3 nitrogen and oxygen atoms in total. The van der Waals surface area contributed by atoms with E-state index in [-0.39, 0.29) is 11.3 Å². The first-order valence-electron chi connectivity index (χ1n) is 6.44. The highest BCUT2D eigenvalue weighted by Gasteiger charge is 2.36. The van der Waals surface area contributed by atoms with E-state index in [1.807, 2.05) is 18.2 Å². The van der Waals surface area contributed by atoms with Crippen LogP contribution in [-0.4, -0.2) is 18.2 Å². The standard InChI is InChI=1S/C15H19NO2/c1-12(17)16-11-15(9-7-14(18)8-10-15)13-5-3-2-4-6-13/h2-6H,7-11H2,1H3,(H,16,17). The minimum atomic E-state index is -0.0686. The SMILES string of the molecule is CC(=O)NCC1(c2ccccc2)CCC(=O)CC1. The van der Waals surface area contributed by atoms with E-state index in [0.29, 0.717) is 25.2 Å². The molecule has 0 radical (unpaired) electrons. The van der Waals surface area contributed by atoms with E-state index in [0.717, 1.165) is 12.8 Å². The Morgan fingerprint density at radius 1 is 1.22 bits per heavy atom. The van der Waals surface area contributed by atoms with Gasteiger partial charge in [0.25, 0.3) is 0 Å². The third-order valence-corrected chi connectivity index (χ3v) is 3.83. The van der Waals surface area contributed by atoms with Crippen LogP contribution in [-0.2, 0) is 15.0 Å². The molecule has 18 heavy (non-hydrogen) atoms. The Labute approximate surface area is 108 Å². The quantitative estimate of drug-likeness (QED) is 0.887. The lowest BCUT2D eigenvalue weighted by molar-refractivity contribution is -0.121. The van der Waals surface area contributed by atoms with Crippen LogP contribution in [0.25, 0.3) is 0 Å². The topological polar surface area (TPSA) is 46.2 Å². The normalized spacial score (nSPS) is 18.4. The first-order valence-corrected chi connectivity index (χ1v) is 6.44. The van der Waals surface area contributed by atoms with Crippen molar-refractivity contribution in [2.24, 2.45) is 0 Å². The van der Waals surface area contributed by atoms with E-state index in [1.165, 1.54) is 12.5 Å². The molecule has 96 valence electrons. The number of benzene rings is 1. The van der Waals surface area contributed by atoms with Crippen molar-refractivity contribution in [3.05, 3.63) is 35.9 Å². The molecule has 0 spiro atoms. The van der Waals surface area contributed by atoms with Gasteiger partial charge in [-0.2, -0.15) is 0 Å². The predicted octanol–water partition coefficient (Wildman–Crippen LogP) is 2.20. The predicted molar refractivity (Wildman–Crippen MR) is 70.3 cm³/mol. The largest absolute Gasteiger partial charge is 0.355 e. The number of rotatable bonds is 3. The van der Waals surface area contributed by atoms with Gasteiger partial charge in [0.2, 0.25) is 5.91 Å². The summed E-state index contributed by atoms with van der Waals surface area (Å²) >= 11 is 0. The monoisotopic (exact) mass is 245 g/mol. The van der Waals surface area contributed by atoms with Crippen molar-refractivity contribution in [1.29, 1.82) is 0 Å². The molecule has 1 aromatic rings. The van der Waals surface area contributed by atoms with Crippen LogP contribution in [0.1, 0.15) is 38.2 Å². The molecule has 2 rings (SSSR count). The number of hydrogen-bond donors (Lipinski definition) is 1. The number of ketones is 1. The second-order valence-electron chi connectivity index (χ2n) is 5.09. The zero-order valence-corrected chi connectivity index (χ0v) is 10.7. The minimum Gasteiger partial charge on any atom is -0.355 e. The molecule has 1 aliphatic carbocycles. The highest BCUT2D eigenvalue weighted by molar-refractivity contribution is 5.80. The Morgan fingerprint density at radius 2 is 1.83 bits per heavy atom. The second kappa shape index (κ2) is 5.34. The third kappa shape index (κ3) is 2.78. The van der Waals surface area contributed by atoms with Crippen LogP contribution >= 0.6 is 0 Å². The summed E-state index contributed by atoms with van der Waals surface area (Å²) in [7, 11) is 0. The number of carbonyl (C=O) groups excluding carboxylic acids is 2. The van der Waals surface area contributed by atoms with Crippen molar-refractivity contribution in [2.45, 2.75) is 38.0 Å². The molecule has 1 fully saturated rings. The highest BCUT2D eigenvalue weighted by Crippen LogP contribution is 2.37. The highest BCUT2D eigenvalue weighted by atomic mass is 16.1. The molecule has 1 aliphatic rings. The van der Waals surface area contributed by atoms with Gasteiger partial charge >= 0.3 is 0 Å². The molecule has 0 heterocycles. The first-order chi connectivity index (χ1) is 8.62. The van der Waals surface area contributed by atoms with Crippen LogP contribution in [0.2, 0.25) is 0 Å². The first kappa shape index (κ1) is 12.8. The summed E-state index contributed by atoms with van der Waals surface area (Å²) in [5, 5.41) is 2.92. The van der Waals surface area contributed by atoms with Crippen molar-refractivity contribution in [3.63, 3.8) is 0 Å².